The molecule has 1 aromatic rings. The average molecular weight is 252 g/mol. The molecule has 0 aliphatic rings. The molecule has 0 aromatic heterocycles. The zero-order valence-corrected chi connectivity index (χ0v) is 10.8. The zero-order chi connectivity index (χ0) is 13.5. The lowest BCUT2D eigenvalue weighted by molar-refractivity contribution is 0.0526. The van der Waals surface area contributed by atoms with Crippen molar-refractivity contribution >= 4 is 17.3 Å². The first-order chi connectivity index (χ1) is 8.63. The van der Waals surface area contributed by atoms with Crippen molar-refractivity contribution in [2.45, 2.75) is 13.8 Å². The number of aliphatic hydroxyl groups excluding tert-OH is 1. The number of esters is 1. The minimum atomic E-state index is -0.362. The Balaban J connectivity index is 3.03. The maximum atomic E-state index is 11.6. The van der Waals surface area contributed by atoms with Crippen LogP contribution in [0.4, 0.5) is 11.4 Å². The van der Waals surface area contributed by atoms with Gasteiger partial charge in [0, 0.05) is 13.1 Å². The van der Waals surface area contributed by atoms with E-state index >= 15 is 0 Å². The number of hydrogen-bond donors (Lipinski definition) is 2. The Bertz CT molecular complexity index is 407. The minimum Gasteiger partial charge on any atom is -0.462 e. The van der Waals surface area contributed by atoms with Crippen molar-refractivity contribution in [1.29, 1.82) is 0 Å². The Morgan fingerprint density at radius 1 is 1.44 bits per heavy atom. The van der Waals surface area contributed by atoms with Gasteiger partial charge in [0.2, 0.25) is 0 Å². The first-order valence-electron chi connectivity index (χ1n) is 6.06. The third-order valence-electron chi connectivity index (χ3n) is 2.63. The van der Waals surface area contributed by atoms with Crippen LogP contribution in [0.1, 0.15) is 24.2 Å². The number of likely N-dealkylation sites (N-methyl/N-ethyl adjacent to an activating group) is 1. The average Bonchev–Trinajstić information content (AvgIpc) is 2.37. The number of nitrogen functional groups attached to an aromatic ring is 1. The number of benzene rings is 1. The van der Waals surface area contributed by atoms with Crippen LogP contribution in [-0.4, -0.2) is 37.4 Å². The van der Waals surface area contributed by atoms with E-state index in [2.05, 4.69) is 0 Å². The number of ether oxygens (including phenoxy) is 1. The molecule has 0 saturated heterocycles. The van der Waals surface area contributed by atoms with Crippen molar-refractivity contribution in [1.82, 2.24) is 0 Å². The molecule has 3 N–H and O–H groups in total. The van der Waals surface area contributed by atoms with Crippen LogP contribution in [0.2, 0.25) is 0 Å². The van der Waals surface area contributed by atoms with Gasteiger partial charge in [-0.1, -0.05) is 0 Å². The molecule has 0 aliphatic carbocycles. The topological polar surface area (TPSA) is 75.8 Å². The fraction of sp³-hybridized carbons (Fsp3) is 0.462. The second-order valence-corrected chi connectivity index (χ2v) is 3.80. The highest BCUT2D eigenvalue weighted by molar-refractivity contribution is 5.92. The van der Waals surface area contributed by atoms with Crippen LogP contribution >= 0.6 is 0 Å². The summed E-state index contributed by atoms with van der Waals surface area (Å²) in [6, 6.07) is 5.03. The van der Waals surface area contributed by atoms with Crippen molar-refractivity contribution in [3.05, 3.63) is 23.8 Å². The molecule has 5 nitrogen and oxygen atoms in total. The van der Waals surface area contributed by atoms with E-state index in [0.717, 1.165) is 5.69 Å². The minimum absolute atomic E-state index is 0.0386. The van der Waals surface area contributed by atoms with E-state index in [1.807, 2.05) is 11.8 Å². The van der Waals surface area contributed by atoms with E-state index < -0.39 is 0 Å². The van der Waals surface area contributed by atoms with Crippen LogP contribution < -0.4 is 10.6 Å². The first kappa shape index (κ1) is 14.3. The van der Waals surface area contributed by atoms with Gasteiger partial charge in [0.15, 0.2) is 0 Å². The van der Waals surface area contributed by atoms with Crippen molar-refractivity contribution in [3.8, 4) is 0 Å². The summed E-state index contributed by atoms with van der Waals surface area (Å²) in [6.07, 6.45) is 0. The molecule has 100 valence electrons. The molecule has 18 heavy (non-hydrogen) atoms. The van der Waals surface area contributed by atoms with Gasteiger partial charge in [0.05, 0.1) is 30.2 Å². The standard InChI is InChI=1S/C13H20N2O3/c1-3-15(7-8-16)12-9-10(5-6-11(12)14)13(17)18-4-2/h5-6,9,16H,3-4,7-8,14H2,1-2H3. The van der Waals surface area contributed by atoms with Gasteiger partial charge in [0.1, 0.15) is 0 Å². The molecular formula is C13H20N2O3. The predicted molar refractivity (Wildman–Crippen MR) is 71.8 cm³/mol. The smallest absolute Gasteiger partial charge is 0.338 e. The van der Waals surface area contributed by atoms with Gasteiger partial charge in [-0.25, -0.2) is 4.79 Å². The second-order valence-electron chi connectivity index (χ2n) is 3.80. The number of nitrogens with zero attached hydrogens (tertiary/aromatic N) is 1. The molecule has 0 saturated carbocycles. The first-order valence-corrected chi connectivity index (χ1v) is 6.06. The molecule has 0 unspecified atom stereocenters. The number of aliphatic hydroxyl groups is 1. The highest BCUT2D eigenvalue weighted by Gasteiger charge is 2.12. The van der Waals surface area contributed by atoms with Crippen LogP contribution in [0.5, 0.6) is 0 Å². The number of hydrogen-bond acceptors (Lipinski definition) is 5. The highest BCUT2D eigenvalue weighted by Crippen LogP contribution is 2.24. The zero-order valence-electron chi connectivity index (χ0n) is 10.8. The lowest BCUT2D eigenvalue weighted by Crippen LogP contribution is -2.27. The Morgan fingerprint density at radius 2 is 2.17 bits per heavy atom. The Kier molecular flexibility index (Phi) is 5.45. The summed E-state index contributed by atoms with van der Waals surface area (Å²) >= 11 is 0. The van der Waals surface area contributed by atoms with Crippen LogP contribution in [0.3, 0.4) is 0 Å². The summed E-state index contributed by atoms with van der Waals surface area (Å²) in [5.74, 6) is -0.362. The van der Waals surface area contributed by atoms with Gasteiger partial charge in [-0.05, 0) is 32.0 Å². The molecule has 0 radical (unpaired) electrons. The number of nitrogens with two attached hydrogens (primary N) is 1. The van der Waals surface area contributed by atoms with E-state index in [4.69, 9.17) is 15.6 Å². The van der Waals surface area contributed by atoms with Gasteiger partial charge in [0.25, 0.3) is 0 Å². The monoisotopic (exact) mass is 252 g/mol. The summed E-state index contributed by atoms with van der Waals surface area (Å²) in [6.45, 7) is 5.29. The van der Waals surface area contributed by atoms with Crippen LogP contribution in [0, 0.1) is 0 Å². The van der Waals surface area contributed by atoms with E-state index in [1.165, 1.54) is 0 Å². The summed E-state index contributed by atoms with van der Waals surface area (Å²) in [5.41, 5.74) is 7.69. The number of carbonyl (C=O) groups is 1. The summed E-state index contributed by atoms with van der Waals surface area (Å²) in [4.78, 5) is 13.6. The van der Waals surface area contributed by atoms with E-state index in [-0.39, 0.29) is 12.6 Å². The third-order valence-corrected chi connectivity index (χ3v) is 2.63. The number of anilines is 2. The molecule has 1 rings (SSSR count). The van der Waals surface area contributed by atoms with Crippen molar-refractivity contribution in [2.24, 2.45) is 0 Å². The molecule has 0 bridgehead atoms. The summed E-state index contributed by atoms with van der Waals surface area (Å²) in [7, 11) is 0. The predicted octanol–water partition coefficient (Wildman–Crippen LogP) is 1.26. The van der Waals surface area contributed by atoms with Crippen LogP contribution in [0.25, 0.3) is 0 Å². The quantitative estimate of drug-likeness (QED) is 0.589. The highest BCUT2D eigenvalue weighted by atomic mass is 16.5. The van der Waals surface area contributed by atoms with E-state index in [9.17, 15) is 4.79 Å². The molecule has 0 amide bonds. The SMILES string of the molecule is CCOC(=O)c1ccc(N)c(N(CC)CCO)c1. The maximum absolute atomic E-state index is 11.6. The molecule has 0 aliphatic heterocycles. The fourth-order valence-electron chi connectivity index (χ4n) is 1.73. The van der Waals surface area contributed by atoms with Gasteiger partial charge in [-0.15, -0.1) is 0 Å². The second kappa shape index (κ2) is 6.86. The molecular weight excluding hydrogens is 232 g/mol. The van der Waals surface area contributed by atoms with E-state index in [1.54, 1.807) is 25.1 Å². The Hall–Kier alpha value is -1.75. The Labute approximate surface area is 107 Å². The number of rotatable bonds is 6. The van der Waals surface area contributed by atoms with Crippen LogP contribution in [-0.2, 0) is 4.74 Å². The van der Waals surface area contributed by atoms with Crippen molar-refractivity contribution in [3.63, 3.8) is 0 Å². The van der Waals surface area contributed by atoms with Crippen molar-refractivity contribution < 1.29 is 14.6 Å². The molecule has 1 aromatic carbocycles. The van der Waals surface area contributed by atoms with Crippen LogP contribution in [0.15, 0.2) is 18.2 Å². The third kappa shape index (κ3) is 3.37. The van der Waals surface area contributed by atoms with E-state index in [0.29, 0.717) is 30.9 Å². The molecule has 0 spiro atoms. The van der Waals surface area contributed by atoms with Gasteiger partial charge in [-0.2, -0.15) is 0 Å². The van der Waals surface area contributed by atoms with Crippen molar-refractivity contribution in [2.75, 3.05) is 36.9 Å². The molecule has 0 heterocycles. The largest absolute Gasteiger partial charge is 0.462 e. The lowest BCUT2D eigenvalue weighted by atomic mass is 10.1. The maximum Gasteiger partial charge on any atom is 0.338 e. The number of carbonyl (C=O) groups excluding carboxylic acids is 1. The van der Waals surface area contributed by atoms with Gasteiger partial charge < -0.3 is 20.5 Å². The van der Waals surface area contributed by atoms with Gasteiger partial charge in [-0.3, -0.25) is 0 Å². The normalized spacial score (nSPS) is 10.2. The molecule has 5 heteroatoms. The molecule has 0 fully saturated rings. The lowest BCUT2D eigenvalue weighted by Gasteiger charge is -2.24. The Morgan fingerprint density at radius 3 is 2.72 bits per heavy atom. The fourth-order valence-corrected chi connectivity index (χ4v) is 1.73. The van der Waals surface area contributed by atoms with Gasteiger partial charge >= 0.3 is 5.97 Å². The molecule has 0 atom stereocenters. The summed E-state index contributed by atoms with van der Waals surface area (Å²) < 4.78 is 4.95. The summed E-state index contributed by atoms with van der Waals surface area (Å²) in [5, 5.41) is 9.01.